The zero-order chi connectivity index (χ0) is 14.4. The minimum Gasteiger partial charge on any atom is -0.329 e. The predicted molar refractivity (Wildman–Crippen MR) is 87.0 cm³/mol. The average Bonchev–Trinajstić information content (AvgIpc) is 3.04. The molecule has 0 spiro atoms. The standard InChI is InChI=1S/C17H35N3/c1-3-5-10-17(4-2,15-18)20-13-11-19(12-14-20)16-8-6-7-9-16/h16H,3-15,18H2,1-2H3. The van der Waals surface area contributed by atoms with Crippen LogP contribution in [0.3, 0.4) is 0 Å². The van der Waals surface area contributed by atoms with Gasteiger partial charge in [0.2, 0.25) is 0 Å². The second-order valence-corrected chi connectivity index (χ2v) is 6.85. The lowest BCUT2D eigenvalue weighted by Gasteiger charge is -2.48. The molecular formula is C17H35N3. The van der Waals surface area contributed by atoms with E-state index in [4.69, 9.17) is 5.73 Å². The molecule has 2 fully saturated rings. The molecule has 0 aromatic carbocycles. The Kier molecular flexibility index (Phi) is 6.31. The molecule has 2 aliphatic rings. The first-order valence-electron chi connectivity index (χ1n) is 8.95. The summed E-state index contributed by atoms with van der Waals surface area (Å²) in [5, 5.41) is 0. The minimum absolute atomic E-state index is 0.276. The summed E-state index contributed by atoms with van der Waals surface area (Å²) in [7, 11) is 0. The van der Waals surface area contributed by atoms with Crippen molar-refractivity contribution in [3.05, 3.63) is 0 Å². The van der Waals surface area contributed by atoms with Crippen molar-refractivity contribution in [1.82, 2.24) is 9.80 Å². The van der Waals surface area contributed by atoms with Crippen LogP contribution in [-0.2, 0) is 0 Å². The molecule has 1 heterocycles. The first-order valence-corrected chi connectivity index (χ1v) is 8.95. The summed E-state index contributed by atoms with van der Waals surface area (Å²) < 4.78 is 0. The smallest absolute Gasteiger partial charge is 0.0330 e. The molecule has 0 bridgehead atoms. The summed E-state index contributed by atoms with van der Waals surface area (Å²) in [4.78, 5) is 5.47. The Morgan fingerprint density at radius 2 is 1.70 bits per heavy atom. The van der Waals surface area contributed by atoms with E-state index in [0.29, 0.717) is 0 Å². The highest BCUT2D eigenvalue weighted by Gasteiger charge is 2.36. The molecule has 1 saturated heterocycles. The van der Waals surface area contributed by atoms with Crippen molar-refractivity contribution in [3.63, 3.8) is 0 Å². The van der Waals surface area contributed by atoms with Gasteiger partial charge >= 0.3 is 0 Å². The molecule has 20 heavy (non-hydrogen) atoms. The van der Waals surface area contributed by atoms with Crippen molar-refractivity contribution in [3.8, 4) is 0 Å². The number of nitrogens with two attached hydrogens (primary N) is 1. The van der Waals surface area contributed by atoms with Crippen molar-refractivity contribution < 1.29 is 0 Å². The van der Waals surface area contributed by atoms with Gasteiger partial charge in [-0.25, -0.2) is 0 Å². The Labute approximate surface area is 125 Å². The van der Waals surface area contributed by atoms with Crippen LogP contribution in [0.1, 0.15) is 65.2 Å². The van der Waals surface area contributed by atoms with Crippen molar-refractivity contribution in [2.24, 2.45) is 5.73 Å². The zero-order valence-electron chi connectivity index (χ0n) is 13.7. The molecule has 1 unspecified atom stereocenters. The molecule has 1 aliphatic heterocycles. The molecule has 0 amide bonds. The van der Waals surface area contributed by atoms with Gasteiger partial charge in [0.15, 0.2) is 0 Å². The molecule has 0 aromatic rings. The molecule has 0 aromatic heterocycles. The van der Waals surface area contributed by atoms with Crippen molar-refractivity contribution in [2.75, 3.05) is 32.7 Å². The van der Waals surface area contributed by atoms with Gasteiger partial charge < -0.3 is 5.73 Å². The Morgan fingerprint density at radius 3 is 2.20 bits per heavy atom. The number of rotatable bonds is 7. The molecule has 118 valence electrons. The highest BCUT2D eigenvalue weighted by Crippen LogP contribution is 2.29. The molecule has 2 N–H and O–H groups in total. The quantitative estimate of drug-likeness (QED) is 0.779. The van der Waals surface area contributed by atoms with E-state index < -0.39 is 0 Å². The minimum atomic E-state index is 0.276. The van der Waals surface area contributed by atoms with Gasteiger partial charge in [0, 0.05) is 44.3 Å². The first kappa shape index (κ1) is 16.3. The molecular weight excluding hydrogens is 246 g/mol. The summed E-state index contributed by atoms with van der Waals surface area (Å²) in [5.41, 5.74) is 6.47. The van der Waals surface area contributed by atoms with Crippen LogP contribution in [0.5, 0.6) is 0 Å². The van der Waals surface area contributed by atoms with E-state index in [9.17, 15) is 0 Å². The van der Waals surface area contributed by atoms with Crippen LogP contribution in [0, 0.1) is 0 Å². The van der Waals surface area contributed by atoms with Crippen molar-refractivity contribution in [2.45, 2.75) is 76.8 Å². The number of hydrogen-bond acceptors (Lipinski definition) is 3. The second kappa shape index (κ2) is 7.77. The van der Waals surface area contributed by atoms with Crippen LogP contribution >= 0.6 is 0 Å². The molecule has 2 rings (SSSR count). The van der Waals surface area contributed by atoms with E-state index in [2.05, 4.69) is 23.6 Å². The molecule has 1 atom stereocenters. The van der Waals surface area contributed by atoms with E-state index >= 15 is 0 Å². The fourth-order valence-corrected chi connectivity index (χ4v) is 4.27. The lowest BCUT2D eigenvalue weighted by Crippen LogP contribution is -2.60. The van der Waals surface area contributed by atoms with Crippen LogP contribution in [0.25, 0.3) is 0 Å². The molecule has 1 aliphatic carbocycles. The van der Waals surface area contributed by atoms with Crippen LogP contribution in [0.4, 0.5) is 0 Å². The fourth-order valence-electron chi connectivity index (χ4n) is 4.27. The van der Waals surface area contributed by atoms with Gasteiger partial charge in [0.25, 0.3) is 0 Å². The fraction of sp³-hybridized carbons (Fsp3) is 1.00. The number of hydrogen-bond donors (Lipinski definition) is 1. The van der Waals surface area contributed by atoms with Crippen molar-refractivity contribution in [1.29, 1.82) is 0 Å². The van der Waals surface area contributed by atoms with Crippen LogP contribution < -0.4 is 5.73 Å². The average molecular weight is 281 g/mol. The normalized spacial score (nSPS) is 25.9. The van der Waals surface area contributed by atoms with E-state index in [0.717, 1.165) is 12.6 Å². The van der Waals surface area contributed by atoms with Gasteiger partial charge in [0.1, 0.15) is 0 Å². The topological polar surface area (TPSA) is 32.5 Å². The van der Waals surface area contributed by atoms with Gasteiger partial charge in [-0.15, -0.1) is 0 Å². The van der Waals surface area contributed by atoms with Gasteiger partial charge in [0.05, 0.1) is 0 Å². The summed E-state index contributed by atoms with van der Waals surface area (Å²) in [6.07, 6.45) is 10.8. The largest absolute Gasteiger partial charge is 0.329 e. The maximum absolute atomic E-state index is 6.19. The van der Waals surface area contributed by atoms with E-state index in [1.54, 1.807) is 0 Å². The van der Waals surface area contributed by atoms with Crippen LogP contribution in [0.2, 0.25) is 0 Å². The monoisotopic (exact) mass is 281 g/mol. The summed E-state index contributed by atoms with van der Waals surface area (Å²) in [5.74, 6) is 0. The lowest BCUT2D eigenvalue weighted by molar-refractivity contribution is 0.0135. The highest BCUT2D eigenvalue weighted by atomic mass is 15.3. The summed E-state index contributed by atoms with van der Waals surface area (Å²) in [6.45, 7) is 10.4. The zero-order valence-corrected chi connectivity index (χ0v) is 13.7. The van der Waals surface area contributed by atoms with Gasteiger partial charge in [-0.05, 0) is 25.7 Å². The summed E-state index contributed by atoms with van der Waals surface area (Å²) in [6, 6.07) is 0.890. The van der Waals surface area contributed by atoms with E-state index in [1.807, 2.05) is 0 Å². The number of unbranched alkanes of at least 4 members (excludes halogenated alkanes) is 1. The highest BCUT2D eigenvalue weighted by molar-refractivity contribution is 4.94. The van der Waals surface area contributed by atoms with E-state index in [-0.39, 0.29) is 5.54 Å². The van der Waals surface area contributed by atoms with Crippen LogP contribution in [-0.4, -0.2) is 54.1 Å². The van der Waals surface area contributed by atoms with Gasteiger partial charge in [-0.3, -0.25) is 9.80 Å². The maximum Gasteiger partial charge on any atom is 0.0330 e. The number of nitrogens with zero attached hydrogens (tertiary/aromatic N) is 2. The molecule has 1 saturated carbocycles. The van der Waals surface area contributed by atoms with E-state index in [1.165, 1.54) is 77.5 Å². The third-order valence-electron chi connectivity index (χ3n) is 5.86. The Morgan fingerprint density at radius 1 is 1.05 bits per heavy atom. The number of piperazine rings is 1. The molecule has 3 nitrogen and oxygen atoms in total. The van der Waals surface area contributed by atoms with Gasteiger partial charge in [-0.2, -0.15) is 0 Å². The lowest BCUT2D eigenvalue weighted by atomic mass is 9.87. The Bertz CT molecular complexity index is 261. The van der Waals surface area contributed by atoms with Gasteiger partial charge in [-0.1, -0.05) is 39.5 Å². The Balaban J connectivity index is 1.89. The third kappa shape index (κ3) is 3.55. The molecule has 0 radical (unpaired) electrons. The van der Waals surface area contributed by atoms with Crippen LogP contribution in [0.15, 0.2) is 0 Å². The predicted octanol–water partition coefficient (Wildman–Crippen LogP) is 2.84. The third-order valence-corrected chi connectivity index (χ3v) is 5.86. The SMILES string of the molecule is CCCCC(CC)(CN)N1CCN(C2CCCC2)CC1. The van der Waals surface area contributed by atoms with Crippen molar-refractivity contribution >= 4 is 0 Å². The maximum atomic E-state index is 6.19. The Hall–Kier alpha value is -0.120. The summed E-state index contributed by atoms with van der Waals surface area (Å²) >= 11 is 0. The first-order chi connectivity index (χ1) is 9.75. The second-order valence-electron chi connectivity index (χ2n) is 6.85. The molecule has 3 heteroatoms.